The Bertz CT molecular complexity index is 496. The zero-order valence-corrected chi connectivity index (χ0v) is 9.20. The third-order valence-corrected chi connectivity index (χ3v) is 1.96. The van der Waals surface area contributed by atoms with Gasteiger partial charge in [0.25, 0.3) is 0 Å². The molecule has 1 amide bonds. The summed E-state index contributed by atoms with van der Waals surface area (Å²) in [5.74, 6) is -0.505. The molecule has 0 atom stereocenters. The monoisotopic (exact) mass is 238 g/mol. The van der Waals surface area contributed by atoms with Crippen molar-refractivity contribution in [3.05, 3.63) is 57.5 Å². The molecule has 0 unspecified atom stereocenters. The van der Waals surface area contributed by atoms with Gasteiger partial charge < -0.3 is 10.7 Å². The number of hydrogen-bond donors (Lipinski definition) is 2. The zero-order valence-electron chi connectivity index (χ0n) is 8.44. The lowest BCUT2D eigenvalue weighted by atomic mass is 10.3. The third kappa shape index (κ3) is 4.61. The van der Waals surface area contributed by atoms with Crippen LogP contribution in [0.25, 0.3) is 0 Å². The van der Waals surface area contributed by atoms with Crippen molar-refractivity contribution < 1.29 is 4.79 Å². The molecule has 4 nitrogen and oxygen atoms in total. The van der Waals surface area contributed by atoms with Gasteiger partial charge in [-0.2, -0.15) is 0 Å². The molecule has 5 heteroatoms. The fraction of sp³-hybridized carbons (Fsp3) is 0.0909. The molecule has 0 spiro atoms. The molecule has 0 saturated carbocycles. The average Bonchev–Trinajstić information content (AvgIpc) is 2.20. The Kier molecular flexibility index (Phi) is 4.54. The van der Waals surface area contributed by atoms with Crippen molar-refractivity contribution in [3.8, 4) is 0 Å². The molecule has 1 aromatic rings. The number of halogens is 1. The Hall–Kier alpha value is -1.81. The van der Waals surface area contributed by atoms with Crippen molar-refractivity contribution >= 4 is 17.5 Å². The average molecular weight is 239 g/mol. The van der Waals surface area contributed by atoms with Crippen molar-refractivity contribution in [2.24, 2.45) is 5.73 Å². The number of H-pyrrole nitrogens is 1. The van der Waals surface area contributed by atoms with Crippen LogP contribution in [0.1, 0.15) is 5.69 Å². The van der Waals surface area contributed by atoms with E-state index in [1.807, 2.05) is 0 Å². The Morgan fingerprint density at radius 3 is 2.81 bits per heavy atom. The first-order valence-corrected chi connectivity index (χ1v) is 4.95. The molecule has 0 aliphatic carbocycles. The number of nitrogens with two attached hydrogens (primary N) is 1. The largest absolute Gasteiger partial charge is 0.369 e. The number of hydrogen-bond acceptors (Lipinski definition) is 2. The molecule has 3 N–H and O–H groups in total. The normalized spacial score (nSPS) is 9.31. The molecule has 0 aliphatic heterocycles. The van der Waals surface area contributed by atoms with E-state index in [2.05, 4.69) is 4.98 Å². The molecule has 0 aromatic carbocycles. The minimum Gasteiger partial charge on any atom is -0.369 e. The minimum absolute atomic E-state index is 0.0125. The van der Waals surface area contributed by atoms with Gasteiger partial charge in [0.1, 0.15) is 0 Å². The summed E-state index contributed by atoms with van der Waals surface area (Å²) in [5, 5.41) is 0.443. The van der Waals surface area contributed by atoms with Crippen molar-refractivity contribution in [1.29, 1.82) is 0 Å². The van der Waals surface area contributed by atoms with E-state index < -0.39 is 5.91 Å². The standard InChI is InChI=1S/C11H11ClN2O2/c12-8-2-1-5-14-9(7-11(13)16)6-10(15)4-3-8/h1-6,14H,7H2,(H2,13,16). The van der Waals surface area contributed by atoms with E-state index in [9.17, 15) is 9.59 Å². The highest BCUT2D eigenvalue weighted by Crippen LogP contribution is 2.00. The number of carbonyl (C=O) groups excluding carboxylic acids is 1. The van der Waals surface area contributed by atoms with Crippen LogP contribution in [0.2, 0.25) is 5.02 Å². The summed E-state index contributed by atoms with van der Waals surface area (Å²) in [6.07, 6.45) is 1.56. The summed E-state index contributed by atoms with van der Waals surface area (Å²) in [6, 6.07) is 7.39. The summed E-state index contributed by atoms with van der Waals surface area (Å²) in [7, 11) is 0. The van der Waals surface area contributed by atoms with Gasteiger partial charge >= 0.3 is 0 Å². The Morgan fingerprint density at radius 2 is 2.12 bits per heavy atom. The lowest BCUT2D eigenvalue weighted by Crippen LogP contribution is -2.15. The topological polar surface area (TPSA) is 76.0 Å². The summed E-state index contributed by atoms with van der Waals surface area (Å²) in [6.45, 7) is 0. The smallest absolute Gasteiger partial charge is 0.223 e. The van der Waals surface area contributed by atoms with Crippen molar-refractivity contribution in [2.75, 3.05) is 0 Å². The SMILES string of the molecule is NC(=O)Cc1cc(=O)ccc(Cl)ccc[nH]1. The molecule has 0 saturated heterocycles. The first kappa shape index (κ1) is 12.3. The van der Waals surface area contributed by atoms with Gasteiger partial charge in [0.05, 0.1) is 6.42 Å². The number of aromatic nitrogens is 1. The zero-order chi connectivity index (χ0) is 12.0. The number of rotatable bonds is 2. The minimum atomic E-state index is -0.505. The third-order valence-electron chi connectivity index (χ3n) is 1.71. The van der Waals surface area contributed by atoms with E-state index in [1.165, 1.54) is 18.2 Å². The summed E-state index contributed by atoms with van der Waals surface area (Å²) < 4.78 is 0. The molecular weight excluding hydrogens is 228 g/mol. The van der Waals surface area contributed by atoms with Crippen LogP contribution >= 0.6 is 11.6 Å². The Labute approximate surface area is 97.4 Å². The molecule has 16 heavy (non-hydrogen) atoms. The quantitative estimate of drug-likeness (QED) is 0.812. The van der Waals surface area contributed by atoms with Crippen LogP contribution in [0.5, 0.6) is 0 Å². The summed E-state index contributed by atoms with van der Waals surface area (Å²) in [4.78, 5) is 24.9. The van der Waals surface area contributed by atoms with Gasteiger partial charge in [0.2, 0.25) is 5.91 Å². The van der Waals surface area contributed by atoms with Crippen LogP contribution in [0.3, 0.4) is 0 Å². The number of nitrogens with one attached hydrogen (secondary N) is 1. The molecule has 1 heterocycles. The van der Waals surface area contributed by atoms with Crippen molar-refractivity contribution in [2.45, 2.75) is 6.42 Å². The fourth-order valence-corrected chi connectivity index (χ4v) is 1.20. The molecule has 1 aromatic heterocycles. The second-order valence-corrected chi connectivity index (χ2v) is 3.54. The lowest BCUT2D eigenvalue weighted by molar-refractivity contribution is -0.117. The first-order valence-electron chi connectivity index (χ1n) is 4.58. The van der Waals surface area contributed by atoms with Crippen LogP contribution in [0.4, 0.5) is 0 Å². The van der Waals surface area contributed by atoms with Crippen LogP contribution in [-0.2, 0) is 11.2 Å². The van der Waals surface area contributed by atoms with Gasteiger partial charge in [0.15, 0.2) is 5.43 Å². The van der Waals surface area contributed by atoms with Gasteiger partial charge in [-0.15, -0.1) is 0 Å². The number of primary amides is 1. The number of carbonyl (C=O) groups is 1. The second-order valence-electron chi connectivity index (χ2n) is 3.10. The lowest BCUT2D eigenvalue weighted by Gasteiger charge is -1.93. The van der Waals surface area contributed by atoms with Gasteiger partial charge in [-0.1, -0.05) is 11.6 Å². The summed E-state index contributed by atoms with van der Waals surface area (Å²) >= 11 is 5.75. The predicted octanol–water partition coefficient (Wildman–Crippen LogP) is 1.18. The van der Waals surface area contributed by atoms with Crippen LogP contribution < -0.4 is 11.2 Å². The molecule has 84 valence electrons. The molecule has 1 rings (SSSR count). The predicted molar refractivity (Wildman–Crippen MR) is 62.6 cm³/mol. The highest BCUT2D eigenvalue weighted by atomic mass is 35.5. The van der Waals surface area contributed by atoms with E-state index in [-0.39, 0.29) is 11.8 Å². The highest BCUT2D eigenvalue weighted by molar-refractivity contribution is 6.30. The van der Waals surface area contributed by atoms with Gasteiger partial charge in [0, 0.05) is 23.0 Å². The number of aromatic amines is 1. The van der Waals surface area contributed by atoms with Crippen LogP contribution in [0, 0.1) is 0 Å². The van der Waals surface area contributed by atoms with E-state index >= 15 is 0 Å². The molecule has 0 fully saturated rings. The van der Waals surface area contributed by atoms with Crippen LogP contribution in [-0.4, -0.2) is 10.9 Å². The molecule has 0 radical (unpaired) electrons. The van der Waals surface area contributed by atoms with E-state index in [1.54, 1.807) is 18.3 Å². The molecule has 0 bridgehead atoms. The maximum Gasteiger partial charge on any atom is 0.223 e. The van der Waals surface area contributed by atoms with E-state index in [0.29, 0.717) is 10.7 Å². The second kappa shape index (κ2) is 5.92. The fourth-order valence-electron chi connectivity index (χ4n) is 1.06. The molecule has 0 aliphatic rings. The van der Waals surface area contributed by atoms with Crippen LogP contribution in [0.15, 0.2) is 41.3 Å². The number of amides is 1. The van der Waals surface area contributed by atoms with Gasteiger partial charge in [-0.3, -0.25) is 9.59 Å². The first-order chi connectivity index (χ1) is 7.58. The van der Waals surface area contributed by atoms with Crippen molar-refractivity contribution in [1.82, 2.24) is 4.98 Å². The maximum absolute atomic E-state index is 11.4. The van der Waals surface area contributed by atoms with E-state index in [4.69, 9.17) is 17.3 Å². The Balaban J connectivity index is 3.28. The summed E-state index contributed by atoms with van der Waals surface area (Å²) in [5.41, 5.74) is 5.23. The van der Waals surface area contributed by atoms with Crippen molar-refractivity contribution in [3.63, 3.8) is 0 Å². The maximum atomic E-state index is 11.4. The molecular formula is C11H11ClN2O2. The highest BCUT2D eigenvalue weighted by Gasteiger charge is 1.96. The van der Waals surface area contributed by atoms with Gasteiger partial charge in [-0.25, -0.2) is 0 Å². The Morgan fingerprint density at radius 1 is 1.38 bits per heavy atom. The van der Waals surface area contributed by atoms with Gasteiger partial charge in [-0.05, 0) is 24.3 Å². The van der Waals surface area contributed by atoms with E-state index in [0.717, 1.165) is 0 Å².